The first-order valence-corrected chi connectivity index (χ1v) is 11.6. The second kappa shape index (κ2) is 9.29. The molecule has 0 radical (unpaired) electrons. The molecule has 188 valence electrons. The van der Waals surface area contributed by atoms with E-state index < -0.39 is 11.7 Å². The van der Waals surface area contributed by atoms with Crippen LogP contribution in [0, 0.1) is 5.92 Å². The van der Waals surface area contributed by atoms with Crippen molar-refractivity contribution in [1.82, 2.24) is 20.0 Å². The first-order valence-electron chi connectivity index (χ1n) is 11.6. The van der Waals surface area contributed by atoms with Crippen molar-refractivity contribution >= 4 is 22.8 Å². The summed E-state index contributed by atoms with van der Waals surface area (Å²) < 4.78 is 50.8. The number of fused-ring (bicyclic) bond motifs is 1. The zero-order valence-corrected chi connectivity index (χ0v) is 19.7. The van der Waals surface area contributed by atoms with Crippen molar-refractivity contribution in [2.75, 3.05) is 31.1 Å². The Morgan fingerprint density at radius 2 is 1.86 bits per heavy atom. The third-order valence-electron chi connectivity index (χ3n) is 6.02. The van der Waals surface area contributed by atoms with E-state index in [1.807, 2.05) is 18.7 Å². The zero-order chi connectivity index (χ0) is 25.4. The number of nitrogens with zero attached hydrogens (tertiary/aromatic N) is 5. The SMILES string of the molecule is CC(C)Cc1nc(N2CCN(C(=O)c3ccco3)CC2)c2c(-c3cccc(C(F)(F)F)c3)noc2n1. The molecular formula is C25H24F3N5O3. The minimum atomic E-state index is -4.49. The van der Waals surface area contributed by atoms with Crippen LogP contribution < -0.4 is 4.90 Å². The molecule has 1 amide bonds. The minimum Gasteiger partial charge on any atom is -0.459 e. The molecule has 1 aliphatic heterocycles. The van der Waals surface area contributed by atoms with Crippen LogP contribution in [-0.4, -0.2) is 52.1 Å². The average Bonchev–Trinajstić information content (AvgIpc) is 3.53. The van der Waals surface area contributed by atoms with Crippen LogP contribution in [0.25, 0.3) is 22.4 Å². The van der Waals surface area contributed by atoms with E-state index in [9.17, 15) is 18.0 Å². The summed E-state index contributed by atoms with van der Waals surface area (Å²) in [6.45, 7) is 5.87. The summed E-state index contributed by atoms with van der Waals surface area (Å²) in [5.41, 5.74) is -0.0507. The standard InChI is InChI=1S/C25H24F3N5O3/c1-15(2)13-19-29-22(32-8-10-33(11-9-32)24(34)18-7-4-12-35-18)20-21(31-36-23(20)30-19)16-5-3-6-17(14-16)25(26,27)28/h3-7,12,14-15H,8-11,13H2,1-2H3. The van der Waals surface area contributed by atoms with E-state index in [1.165, 1.54) is 12.3 Å². The number of halogens is 3. The largest absolute Gasteiger partial charge is 0.459 e. The van der Waals surface area contributed by atoms with Crippen molar-refractivity contribution < 1.29 is 26.9 Å². The molecule has 3 aromatic heterocycles. The quantitative estimate of drug-likeness (QED) is 0.379. The maximum Gasteiger partial charge on any atom is 0.416 e. The molecule has 1 saturated heterocycles. The molecule has 0 saturated carbocycles. The Balaban J connectivity index is 1.52. The van der Waals surface area contributed by atoms with Gasteiger partial charge in [-0.1, -0.05) is 31.1 Å². The van der Waals surface area contributed by atoms with Gasteiger partial charge in [0.1, 0.15) is 22.7 Å². The molecule has 1 aromatic carbocycles. The van der Waals surface area contributed by atoms with Gasteiger partial charge in [-0.2, -0.15) is 18.2 Å². The highest BCUT2D eigenvalue weighted by atomic mass is 19.4. The fraction of sp³-hybridized carbons (Fsp3) is 0.360. The molecule has 0 unspecified atom stereocenters. The Bertz CT molecular complexity index is 1370. The van der Waals surface area contributed by atoms with Crippen molar-refractivity contribution in [3.63, 3.8) is 0 Å². The number of amides is 1. The monoisotopic (exact) mass is 499 g/mol. The lowest BCUT2D eigenvalue weighted by Crippen LogP contribution is -2.49. The number of anilines is 1. The Labute approximate surface area is 204 Å². The summed E-state index contributed by atoms with van der Waals surface area (Å²) in [7, 11) is 0. The molecule has 8 nitrogen and oxygen atoms in total. The average molecular weight is 499 g/mol. The van der Waals surface area contributed by atoms with Crippen LogP contribution in [0.4, 0.5) is 19.0 Å². The predicted molar refractivity (Wildman–Crippen MR) is 125 cm³/mol. The highest BCUT2D eigenvalue weighted by Crippen LogP contribution is 2.37. The van der Waals surface area contributed by atoms with Crippen LogP contribution >= 0.6 is 0 Å². The van der Waals surface area contributed by atoms with E-state index >= 15 is 0 Å². The van der Waals surface area contributed by atoms with Gasteiger partial charge >= 0.3 is 6.18 Å². The Morgan fingerprint density at radius 1 is 1.08 bits per heavy atom. The Kier molecular flexibility index (Phi) is 6.15. The number of rotatable bonds is 5. The summed E-state index contributed by atoms with van der Waals surface area (Å²) in [5.74, 6) is 1.47. The third-order valence-corrected chi connectivity index (χ3v) is 6.02. The van der Waals surface area contributed by atoms with E-state index in [0.29, 0.717) is 49.6 Å². The van der Waals surface area contributed by atoms with E-state index in [4.69, 9.17) is 13.9 Å². The van der Waals surface area contributed by atoms with Crippen LogP contribution in [0.2, 0.25) is 0 Å². The second-order valence-electron chi connectivity index (χ2n) is 9.11. The molecule has 1 fully saturated rings. The highest BCUT2D eigenvalue weighted by Gasteiger charge is 2.32. The van der Waals surface area contributed by atoms with E-state index in [0.717, 1.165) is 12.1 Å². The van der Waals surface area contributed by atoms with Gasteiger partial charge in [-0.05, 0) is 30.2 Å². The molecule has 4 aromatic rings. The van der Waals surface area contributed by atoms with Gasteiger partial charge in [-0.25, -0.2) is 4.98 Å². The van der Waals surface area contributed by atoms with Gasteiger partial charge in [-0.3, -0.25) is 4.79 Å². The molecule has 0 atom stereocenters. The third kappa shape index (κ3) is 4.65. The summed E-state index contributed by atoms with van der Waals surface area (Å²) in [6, 6.07) is 8.24. The van der Waals surface area contributed by atoms with Gasteiger partial charge in [0.25, 0.3) is 11.6 Å². The molecule has 4 heterocycles. The van der Waals surface area contributed by atoms with E-state index in [1.54, 1.807) is 23.1 Å². The normalized spacial score (nSPS) is 14.7. The van der Waals surface area contributed by atoms with Gasteiger partial charge in [0.05, 0.1) is 11.8 Å². The molecule has 1 aliphatic rings. The summed E-state index contributed by atoms with van der Waals surface area (Å²) in [5, 5.41) is 4.54. The van der Waals surface area contributed by atoms with Gasteiger partial charge in [-0.15, -0.1) is 0 Å². The van der Waals surface area contributed by atoms with Gasteiger partial charge in [0.15, 0.2) is 5.76 Å². The minimum absolute atomic E-state index is 0.192. The smallest absolute Gasteiger partial charge is 0.416 e. The number of benzene rings is 1. The van der Waals surface area contributed by atoms with Crippen molar-refractivity contribution in [1.29, 1.82) is 0 Å². The Morgan fingerprint density at radius 3 is 2.53 bits per heavy atom. The number of alkyl halides is 3. The lowest BCUT2D eigenvalue weighted by molar-refractivity contribution is -0.137. The number of carbonyl (C=O) groups is 1. The number of piperazine rings is 1. The lowest BCUT2D eigenvalue weighted by Gasteiger charge is -2.35. The number of hydrogen-bond donors (Lipinski definition) is 0. The number of furan rings is 1. The van der Waals surface area contributed by atoms with Crippen molar-refractivity contribution in [2.45, 2.75) is 26.4 Å². The molecule has 0 N–H and O–H groups in total. The van der Waals surface area contributed by atoms with Crippen LogP contribution in [0.1, 0.15) is 35.8 Å². The fourth-order valence-corrected chi connectivity index (χ4v) is 4.28. The molecule has 0 spiro atoms. The van der Waals surface area contributed by atoms with Crippen molar-refractivity contribution in [3.05, 3.63) is 59.8 Å². The summed E-state index contributed by atoms with van der Waals surface area (Å²) in [4.78, 5) is 25.7. The van der Waals surface area contributed by atoms with Crippen LogP contribution in [-0.2, 0) is 12.6 Å². The number of carbonyl (C=O) groups excluding carboxylic acids is 1. The lowest BCUT2D eigenvalue weighted by atomic mass is 10.1. The fourth-order valence-electron chi connectivity index (χ4n) is 4.28. The maximum absolute atomic E-state index is 13.4. The molecule has 36 heavy (non-hydrogen) atoms. The van der Waals surface area contributed by atoms with Crippen LogP contribution in [0.5, 0.6) is 0 Å². The first-order chi connectivity index (χ1) is 17.2. The first kappa shape index (κ1) is 23.8. The van der Waals surface area contributed by atoms with Gasteiger partial charge in [0.2, 0.25) is 0 Å². The molecule has 0 bridgehead atoms. The van der Waals surface area contributed by atoms with Crippen LogP contribution in [0.15, 0.2) is 51.6 Å². The van der Waals surface area contributed by atoms with Gasteiger partial charge in [0, 0.05) is 38.2 Å². The highest BCUT2D eigenvalue weighted by molar-refractivity contribution is 5.98. The van der Waals surface area contributed by atoms with E-state index in [2.05, 4.69) is 10.1 Å². The number of aromatic nitrogens is 3. The number of hydrogen-bond acceptors (Lipinski definition) is 7. The summed E-state index contributed by atoms with van der Waals surface area (Å²) in [6.07, 6.45) is -2.44. The zero-order valence-electron chi connectivity index (χ0n) is 19.7. The van der Waals surface area contributed by atoms with Crippen molar-refractivity contribution in [3.8, 4) is 11.3 Å². The van der Waals surface area contributed by atoms with E-state index in [-0.39, 0.29) is 34.6 Å². The van der Waals surface area contributed by atoms with Crippen molar-refractivity contribution in [2.24, 2.45) is 5.92 Å². The second-order valence-corrected chi connectivity index (χ2v) is 9.11. The summed E-state index contributed by atoms with van der Waals surface area (Å²) >= 11 is 0. The predicted octanol–water partition coefficient (Wildman–Crippen LogP) is 5.06. The van der Waals surface area contributed by atoms with Crippen LogP contribution in [0.3, 0.4) is 0 Å². The molecule has 0 aliphatic carbocycles. The molecule has 5 rings (SSSR count). The topological polar surface area (TPSA) is 88.5 Å². The van der Waals surface area contributed by atoms with Gasteiger partial charge < -0.3 is 18.7 Å². The maximum atomic E-state index is 13.4. The Hall–Kier alpha value is -3.89. The molecule has 11 heteroatoms. The molecular weight excluding hydrogens is 475 g/mol.